The molecule has 0 unspecified atom stereocenters. The van der Waals surface area contributed by atoms with Crippen LogP contribution in [-0.2, 0) is 24.6 Å². The number of unbranched alkanes of at least 4 members (excludes halogenated alkanes) is 4. The predicted molar refractivity (Wildman–Crippen MR) is 177 cm³/mol. The number of halogens is 20. The molecule has 0 radical (unpaired) electrons. The van der Waals surface area contributed by atoms with E-state index in [1.54, 1.807) is 0 Å². The molecular weight excluding hydrogens is 912 g/mol. The summed E-state index contributed by atoms with van der Waals surface area (Å²) in [5.41, 5.74) is -8.99. The minimum Gasteiger partial charge on any atom is -0.493 e. The van der Waals surface area contributed by atoms with E-state index in [0.29, 0.717) is 0 Å². The third-order valence-corrected chi connectivity index (χ3v) is 8.61. The lowest BCUT2D eigenvalue weighted by Gasteiger charge is -2.20. The number of rotatable bonds is 20. The van der Waals surface area contributed by atoms with Crippen molar-refractivity contribution in [2.75, 3.05) is 13.2 Å². The molecular formula is C39H28F20O4. The fourth-order valence-electron chi connectivity index (χ4n) is 5.81. The molecule has 4 aromatic rings. The number of hydrogen-bond donors (Lipinski definition) is 0. The standard InChI is InChI=1S/C39H28F20O4/c40-23-15-21(16-24(41)31(23)36(50,51)52)62-38(56,57)33-27(44)11-19(12-28(33)45)60-9-5-1-3-7-35(48,49)8-4-2-6-10-61-20-13-29(46)34(30(47)14-20)39(58,59)63-22-17-25(42)32(26(43)18-22)37(53,54)55/h11-18H,1-10H2. The lowest BCUT2D eigenvalue weighted by Crippen LogP contribution is -2.25. The van der Waals surface area contributed by atoms with Gasteiger partial charge in [-0.25, -0.2) is 43.9 Å². The molecule has 0 spiro atoms. The van der Waals surface area contributed by atoms with Gasteiger partial charge in [0.25, 0.3) is 0 Å². The first-order valence-corrected chi connectivity index (χ1v) is 17.9. The minimum atomic E-state index is -5.54. The largest absolute Gasteiger partial charge is 0.493 e. The summed E-state index contributed by atoms with van der Waals surface area (Å²) in [4.78, 5) is 0. The molecule has 0 saturated heterocycles. The van der Waals surface area contributed by atoms with Crippen LogP contribution in [0.4, 0.5) is 87.8 Å². The van der Waals surface area contributed by atoms with E-state index in [-0.39, 0.29) is 100 Å². The highest BCUT2D eigenvalue weighted by molar-refractivity contribution is 5.37. The van der Waals surface area contributed by atoms with Crippen LogP contribution in [0.25, 0.3) is 0 Å². The van der Waals surface area contributed by atoms with Crippen molar-refractivity contribution in [3.63, 3.8) is 0 Å². The molecule has 348 valence electrons. The van der Waals surface area contributed by atoms with E-state index < -0.39 is 135 Å². The van der Waals surface area contributed by atoms with Gasteiger partial charge in [0.05, 0.1) is 13.2 Å². The van der Waals surface area contributed by atoms with Gasteiger partial charge >= 0.3 is 24.6 Å². The second-order valence-electron chi connectivity index (χ2n) is 13.5. The van der Waals surface area contributed by atoms with Crippen LogP contribution in [-0.4, -0.2) is 19.1 Å². The zero-order chi connectivity index (χ0) is 47.3. The van der Waals surface area contributed by atoms with Gasteiger partial charge in [0, 0.05) is 61.4 Å². The lowest BCUT2D eigenvalue weighted by atomic mass is 10.0. The number of hydrogen-bond acceptors (Lipinski definition) is 4. The summed E-state index contributed by atoms with van der Waals surface area (Å²) < 4.78 is 295. The Morgan fingerprint density at radius 3 is 0.841 bits per heavy atom. The minimum absolute atomic E-state index is 0.0364. The average molecular weight is 941 g/mol. The van der Waals surface area contributed by atoms with E-state index in [4.69, 9.17) is 9.47 Å². The number of ether oxygens (including phenoxy) is 4. The van der Waals surface area contributed by atoms with Crippen LogP contribution in [0.15, 0.2) is 48.5 Å². The first-order valence-electron chi connectivity index (χ1n) is 17.9. The van der Waals surface area contributed by atoms with Gasteiger partial charge in [0.1, 0.15) is 91.8 Å². The van der Waals surface area contributed by atoms with Gasteiger partial charge < -0.3 is 18.9 Å². The van der Waals surface area contributed by atoms with Crippen molar-refractivity contribution in [2.45, 2.75) is 81.9 Å². The van der Waals surface area contributed by atoms with E-state index in [9.17, 15) is 87.8 Å². The van der Waals surface area contributed by atoms with Gasteiger partial charge in [-0.3, -0.25) is 0 Å². The molecule has 4 rings (SSSR count). The molecule has 0 fully saturated rings. The van der Waals surface area contributed by atoms with Crippen molar-refractivity contribution in [1.29, 1.82) is 0 Å². The van der Waals surface area contributed by atoms with Gasteiger partial charge in [0.2, 0.25) is 5.92 Å². The Morgan fingerprint density at radius 1 is 0.317 bits per heavy atom. The maximum absolute atomic E-state index is 14.6. The first-order chi connectivity index (χ1) is 29.0. The average Bonchev–Trinajstić information content (AvgIpc) is 3.08. The van der Waals surface area contributed by atoms with Crippen LogP contribution >= 0.6 is 0 Å². The van der Waals surface area contributed by atoms with Crippen molar-refractivity contribution < 1.29 is 107 Å². The van der Waals surface area contributed by atoms with Crippen LogP contribution in [0.3, 0.4) is 0 Å². The molecule has 0 aliphatic carbocycles. The number of alkyl halides is 12. The molecule has 0 atom stereocenters. The van der Waals surface area contributed by atoms with Crippen LogP contribution < -0.4 is 18.9 Å². The molecule has 0 heterocycles. The van der Waals surface area contributed by atoms with Crippen LogP contribution in [0.5, 0.6) is 23.0 Å². The Hall–Kier alpha value is -5.32. The topological polar surface area (TPSA) is 36.9 Å². The van der Waals surface area contributed by atoms with Crippen LogP contribution in [0, 0.1) is 46.5 Å². The predicted octanol–water partition coefficient (Wildman–Crippen LogP) is 14.3. The van der Waals surface area contributed by atoms with E-state index >= 15 is 0 Å². The Morgan fingerprint density at radius 2 is 0.571 bits per heavy atom. The first kappa shape index (κ1) is 50.3. The summed E-state index contributed by atoms with van der Waals surface area (Å²) in [6.07, 6.45) is -22.2. The van der Waals surface area contributed by atoms with Crippen LogP contribution in [0.2, 0.25) is 0 Å². The molecule has 0 bridgehead atoms. The van der Waals surface area contributed by atoms with E-state index in [1.165, 1.54) is 0 Å². The van der Waals surface area contributed by atoms with Gasteiger partial charge in [0.15, 0.2) is 0 Å². The molecule has 0 aromatic heterocycles. The Labute approximate surface area is 342 Å². The van der Waals surface area contributed by atoms with E-state index in [1.807, 2.05) is 0 Å². The van der Waals surface area contributed by atoms with E-state index in [0.717, 1.165) is 0 Å². The highest BCUT2D eigenvalue weighted by Crippen LogP contribution is 2.42. The van der Waals surface area contributed by atoms with Crippen molar-refractivity contribution in [2.24, 2.45) is 0 Å². The SMILES string of the molecule is Fc1cc(OC(F)(F)c2c(F)cc(OCCCCCC(F)(F)CCCCCOc3cc(F)c(C(F)(F)Oc4cc(F)c(C(F)(F)F)c(F)c4)c(F)c3)cc2F)cc(F)c1C(F)(F)F. The molecule has 0 aliphatic heterocycles. The third-order valence-electron chi connectivity index (χ3n) is 8.61. The van der Waals surface area contributed by atoms with Crippen molar-refractivity contribution >= 4 is 0 Å². The maximum atomic E-state index is 14.6. The smallest absolute Gasteiger partial charge is 0.432 e. The van der Waals surface area contributed by atoms with Gasteiger partial charge in [-0.05, 0) is 38.5 Å². The molecule has 0 amide bonds. The second kappa shape index (κ2) is 19.6. The summed E-state index contributed by atoms with van der Waals surface area (Å²) in [5, 5.41) is 0. The Bertz CT molecular complexity index is 1980. The molecule has 4 nitrogen and oxygen atoms in total. The summed E-state index contributed by atoms with van der Waals surface area (Å²) in [6, 6.07) is 0.0594. The highest BCUT2D eigenvalue weighted by atomic mass is 19.4. The molecule has 0 N–H and O–H groups in total. The van der Waals surface area contributed by atoms with E-state index in [2.05, 4.69) is 9.47 Å². The summed E-state index contributed by atoms with van der Waals surface area (Å²) >= 11 is 0. The van der Waals surface area contributed by atoms with Gasteiger partial charge in [-0.1, -0.05) is 0 Å². The quantitative estimate of drug-likeness (QED) is 0.0653. The van der Waals surface area contributed by atoms with Gasteiger partial charge in [-0.2, -0.15) is 43.9 Å². The summed E-state index contributed by atoms with van der Waals surface area (Å²) in [6.45, 7) is -0.669. The molecule has 0 aliphatic rings. The maximum Gasteiger partial charge on any atom is 0.432 e. The summed E-state index contributed by atoms with van der Waals surface area (Å²) in [7, 11) is 0. The Kier molecular flexibility index (Phi) is 15.7. The normalized spacial score (nSPS) is 12.8. The second-order valence-corrected chi connectivity index (χ2v) is 13.5. The molecule has 0 saturated carbocycles. The van der Waals surface area contributed by atoms with Crippen molar-refractivity contribution in [3.05, 3.63) is 117 Å². The highest BCUT2D eigenvalue weighted by Gasteiger charge is 2.45. The number of benzene rings is 4. The van der Waals surface area contributed by atoms with Crippen molar-refractivity contribution in [3.8, 4) is 23.0 Å². The third kappa shape index (κ3) is 13.3. The Balaban J connectivity index is 1.16. The monoisotopic (exact) mass is 940 g/mol. The fraction of sp³-hybridized carbons (Fsp3) is 0.385. The van der Waals surface area contributed by atoms with Crippen LogP contribution in [0.1, 0.15) is 73.6 Å². The zero-order valence-corrected chi connectivity index (χ0v) is 31.4. The zero-order valence-electron chi connectivity index (χ0n) is 31.4. The fourth-order valence-corrected chi connectivity index (χ4v) is 5.81. The lowest BCUT2D eigenvalue weighted by molar-refractivity contribution is -0.190. The van der Waals surface area contributed by atoms with Gasteiger partial charge in [-0.15, -0.1) is 0 Å². The van der Waals surface area contributed by atoms with Crippen molar-refractivity contribution in [1.82, 2.24) is 0 Å². The molecule has 4 aromatic carbocycles. The molecule has 24 heteroatoms. The molecule has 63 heavy (non-hydrogen) atoms. The summed E-state index contributed by atoms with van der Waals surface area (Å²) in [5.74, 6) is -24.8.